The molecule has 0 fully saturated rings. The van der Waals surface area contributed by atoms with Crippen LogP contribution in [0.4, 0.5) is 0 Å². The molecule has 0 rings (SSSR count). The molecule has 1 nitrogen and oxygen atoms in total. The Bertz CT molecular complexity index is 206. The fraction of sp³-hybridized carbons (Fsp3) is 0.812. The molecule has 0 aliphatic heterocycles. The highest BCUT2D eigenvalue weighted by Crippen LogP contribution is 2.16. The summed E-state index contributed by atoms with van der Waals surface area (Å²) in [6.45, 7) is 6.50. The molecule has 100 valence electrons. The van der Waals surface area contributed by atoms with Gasteiger partial charge in [-0.1, -0.05) is 65.4 Å². The molecule has 0 aromatic rings. The number of carbonyl (C=O) groups excluding carboxylic acids is 1. The standard InChI is InChI=1S/C16H30O/c1-4-7-9-10-12-13-15(6-3)16(17)14-11-8-5-2/h11,14-15H,4-10,12-13H2,1-3H3/b14-11+. The minimum absolute atomic E-state index is 0.268. The highest BCUT2D eigenvalue weighted by Gasteiger charge is 2.12. The van der Waals surface area contributed by atoms with E-state index in [2.05, 4.69) is 20.8 Å². The molecular weight excluding hydrogens is 208 g/mol. The molecule has 0 spiro atoms. The lowest BCUT2D eigenvalue weighted by Crippen LogP contribution is -2.10. The SMILES string of the molecule is CCC/C=C/C(=O)C(CC)CCCCCCC. The van der Waals surface area contributed by atoms with Gasteiger partial charge in [-0.25, -0.2) is 0 Å². The van der Waals surface area contributed by atoms with Gasteiger partial charge in [0.15, 0.2) is 5.78 Å². The summed E-state index contributed by atoms with van der Waals surface area (Å²) >= 11 is 0. The van der Waals surface area contributed by atoms with Crippen LogP contribution < -0.4 is 0 Å². The number of rotatable bonds is 11. The lowest BCUT2D eigenvalue weighted by Gasteiger charge is -2.10. The van der Waals surface area contributed by atoms with E-state index in [1.165, 1.54) is 32.1 Å². The van der Waals surface area contributed by atoms with Gasteiger partial charge < -0.3 is 0 Å². The van der Waals surface area contributed by atoms with Gasteiger partial charge >= 0.3 is 0 Å². The molecule has 0 saturated heterocycles. The van der Waals surface area contributed by atoms with Crippen LogP contribution in [0.5, 0.6) is 0 Å². The second kappa shape index (κ2) is 11.9. The third-order valence-corrected chi connectivity index (χ3v) is 3.29. The summed E-state index contributed by atoms with van der Waals surface area (Å²) in [5.74, 6) is 0.612. The maximum absolute atomic E-state index is 11.9. The van der Waals surface area contributed by atoms with E-state index in [0.29, 0.717) is 5.78 Å². The van der Waals surface area contributed by atoms with Gasteiger partial charge in [-0.05, 0) is 25.3 Å². The van der Waals surface area contributed by atoms with E-state index in [4.69, 9.17) is 0 Å². The summed E-state index contributed by atoms with van der Waals surface area (Å²) in [6, 6.07) is 0. The summed E-state index contributed by atoms with van der Waals surface area (Å²) in [5, 5.41) is 0. The predicted octanol–water partition coefficient (Wildman–Crippen LogP) is 5.30. The molecule has 0 aromatic carbocycles. The fourth-order valence-corrected chi connectivity index (χ4v) is 2.04. The molecule has 0 heterocycles. The van der Waals surface area contributed by atoms with E-state index in [1.807, 2.05) is 12.2 Å². The van der Waals surface area contributed by atoms with Gasteiger partial charge in [-0.3, -0.25) is 4.79 Å². The number of ketones is 1. The summed E-state index contributed by atoms with van der Waals surface area (Å²) in [7, 11) is 0. The maximum atomic E-state index is 11.9. The number of hydrogen-bond donors (Lipinski definition) is 0. The summed E-state index contributed by atoms with van der Waals surface area (Å²) < 4.78 is 0. The van der Waals surface area contributed by atoms with Gasteiger partial charge in [0.25, 0.3) is 0 Å². The zero-order valence-electron chi connectivity index (χ0n) is 12.0. The smallest absolute Gasteiger partial charge is 0.158 e. The van der Waals surface area contributed by atoms with Crippen LogP contribution in [0.1, 0.15) is 78.6 Å². The van der Waals surface area contributed by atoms with Crippen molar-refractivity contribution in [3.05, 3.63) is 12.2 Å². The molecule has 0 N–H and O–H groups in total. The largest absolute Gasteiger partial charge is 0.295 e. The third-order valence-electron chi connectivity index (χ3n) is 3.29. The van der Waals surface area contributed by atoms with Crippen LogP contribution in [0.2, 0.25) is 0 Å². The lowest BCUT2D eigenvalue weighted by molar-refractivity contribution is -0.118. The maximum Gasteiger partial charge on any atom is 0.158 e. The average molecular weight is 238 g/mol. The topological polar surface area (TPSA) is 17.1 Å². The molecule has 0 amide bonds. The van der Waals surface area contributed by atoms with Crippen molar-refractivity contribution in [1.82, 2.24) is 0 Å². The number of hydrogen-bond acceptors (Lipinski definition) is 1. The van der Waals surface area contributed by atoms with Crippen molar-refractivity contribution in [1.29, 1.82) is 0 Å². The van der Waals surface area contributed by atoms with Crippen LogP contribution in [0, 0.1) is 5.92 Å². The minimum atomic E-state index is 0.268. The van der Waals surface area contributed by atoms with Gasteiger partial charge in [0.05, 0.1) is 0 Å². The molecule has 0 aromatic heterocycles. The van der Waals surface area contributed by atoms with Gasteiger partial charge in [-0.15, -0.1) is 0 Å². The Kier molecular flexibility index (Phi) is 11.5. The van der Waals surface area contributed by atoms with Crippen LogP contribution in [-0.4, -0.2) is 5.78 Å². The first-order valence-electron chi connectivity index (χ1n) is 7.46. The van der Waals surface area contributed by atoms with Crippen molar-refractivity contribution in [2.24, 2.45) is 5.92 Å². The molecule has 0 radical (unpaired) electrons. The van der Waals surface area contributed by atoms with E-state index >= 15 is 0 Å². The quantitative estimate of drug-likeness (QED) is 0.353. The molecule has 0 saturated carbocycles. The molecular formula is C16H30O. The molecule has 0 bridgehead atoms. The first kappa shape index (κ1) is 16.4. The van der Waals surface area contributed by atoms with Gasteiger partial charge in [0.2, 0.25) is 0 Å². The third kappa shape index (κ3) is 9.14. The molecule has 17 heavy (non-hydrogen) atoms. The van der Waals surface area contributed by atoms with Crippen molar-refractivity contribution >= 4 is 5.78 Å². The zero-order valence-corrected chi connectivity index (χ0v) is 12.0. The number of carbonyl (C=O) groups is 1. The number of allylic oxidation sites excluding steroid dienone is 2. The second-order valence-electron chi connectivity index (χ2n) is 4.90. The second-order valence-corrected chi connectivity index (χ2v) is 4.90. The van der Waals surface area contributed by atoms with Gasteiger partial charge in [0, 0.05) is 5.92 Å². The van der Waals surface area contributed by atoms with Crippen molar-refractivity contribution in [3.63, 3.8) is 0 Å². The predicted molar refractivity (Wildman–Crippen MR) is 76.2 cm³/mol. The number of unbranched alkanes of at least 4 members (excludes halogenated alkanes) is 5. The molecule has 0 aliphatic rings. The van der Waals surface area contributed by atoms with Crippen LogP contribution in [0.15, 0.2) is 12.2 Å². The van der Waals surface area contributed by atoms with E-state index in [1.54, 1.807) is 0 Å². The zero-order chi connectivity index (χ0) is 12.9. The van der Waals surface area contributed by atoms with Crippen molar-refractivity contribution in [2.45, 2.75) is 78.6 Å². The average Bonchev–Trinajstić information content (AvgIpc) is 2.34. The highest BCUT2D eigenvalue weighted by molar-refractivity contribution is 5.91. The molecule has 1 heteroatoms. The van der Waals surface area contributed by atoms with Gasteiger partial charge in [0.1, 0.15) is 0 Å². The molecule has 1 unspecified atom stereocenters. The Labute approximate surface area is 108 Å². The first-order valence-corrected chi connectivity index (χ1v) is 7.46. The normalized spacial score (nSPS) is 13.1. The Morgan fingerprint density at radius 3 is 2.29 bits per heavy atom. The summed E-state index contributed by atoms with van der Waals surface area (Å²) in [4.78, 5) is 11.9. The fourth-order valence-electron chi connectivity index (χ4n) is 2.04. The van der Waals surface area contributed by atoms with Crippen LogP contribution >= 0.6 is 0 Å². The van der Waals surface area contributed by atoms with E-state index in [0.717, 1.165) is 25.7 Å². The monoisotopic (exact) mass is 238 g/mol. The van der Waals surface area contributed by atoms with Crippen LogP contribution in [-0.2, 0) is 4.79 Å². The van der Waals surface area contributed by atoms with Crippen molar-refractivity contribution < 1.29 is 4.79 Å². The Morgan fingerprint density at radius 2 is 1.71 bits per heavy atom. The lowest BCUT2D eigenvalue weighted by atomic mass is 9.93. The van der Waals surface area contributed by atoms with E-state index in [9.17, 15) is 4.79 Å². The Morgan fingerprint density at radius 1 is 1.00 bits per heavy atom. The molecule has 1 atom stereocenters. The van der Waals surface area contributed by atoms with Crippen LogP contribution in [0.25, 0.3) is 0 Å². The van der Waals surface area contributed by atoms with E-state index < -0.39 is 0 Å². The van der Waals surface area contributed by atoms with Crippen molar-refractivity contribution in [3.8, 4) is 0 Å². The first-order chi connectivity index (χ1) is 8.26. The minimum Gasteiger partial charge on any atom is -0.295 e. The summed E-state index contributed by atoms with van der Waals surface area (Å²) in [6.07, 6.45) is 14.5. The van der Waals surface area contributed by atoms with Crippen molar-refractivity contribution in [2.75, 3.05) is 0 Å². The highest BCUT2D eigenvalue weighted by atomic mass is 16.1. The summed E-state index contributed by atoms with van der Waals surface area (Å²) in [5.41, 5.74) is 0. The van der Waals surface area contributed by atoms with E-state index in [-0.39, 0.29) is 5.92 Å². The van der Waals surface area contributed by atoms with Gasteiger partial charge in [-0.2, -0.15) is 0 Å². The van der Waals surface area contributed by atoms with Crippen LogP contribution in [0.3, 0.4) is 0 Å². The molecule has 0 aliphatic carbocycles. The Balaban J connectivity index is 3.77. The Hall–Kier alpha value is -0.590.